The number of carbonyl (C=O) groups excluding carboxylic acids is 3. The summed E-state index contributed by atoms with van der Waals surface area (Å²) >= 11 is 0. The van der Waals surface area contributed by atoms with E-state index in [4.69, 9.17) is 4.74 Å². The second kappa shape index (κ2) is 10.4. The van der Waals surface area contributed by atoms with E-state index in [9.17, 15) is 14.4 Å². The summed E-state index contributed by atoms with van der Waals surface area (Å²) in [5, 5.41) is 2.75. The molecule has 2 amide bonds. The van der Waals surface area contributed by atoms with E-state index in [0.717, 1.165) is 24.8 Å². The number of carbonyl (C=O) groups is 3. The van der Waals surface area contributed by atoms with Gasteiger partial charge in [0.2, 0.25) is 0 Å². The fraction of sp³-hybridized carbons (Fsp3) is 0.348. The van der Waals surface area contributed by atoms with Gasteiger partial charge in [0.25, 0.3) is 11.8 Å². The van der Waals surface area contributed by atoms with Gasteiger partial charge in [0.1, 0.15) is 6.04 Å². The Morgan fingerprint density at radius 1 is 0.897 bits per heavy atom. The third-order valence-electron chi connectivity index (χ3n) is 4.96. The summed E-state index contributed by atoms with van der Waals surface area (Å²) in [7, 11) is 0. The molecule has 1 aliphatic heterocycles. The van der Waals surface area contributed by atoms with E-state index in [1.54, 1.807) is 29.2 Å². The zero-order chi connectivity index (χ0) is 20.5. The Hall–Kier alpha value is -3.15. The van der Waals surface area contributed by atoms with Crippen LogP contribution in [0.1, 0.15) is 35.2 Å². The van der Waals surface area contributed by atoms with Gasteiger partial charge in [0, 0.05) is 25.1 Å². The van der Waals surface area contributed by atoms with Gasteiger partial charge in [-0.2, -0.15) is 0 Å². The molecular formula is C23H26N2O4. The number of benzene rings is 2. The molecule has 0 spiro atoms. The number of amides is 2. The zero-order valence-corrected chi connectivity index (χ0v) is 16.4. The number of hydrogen-bond acceptors (Lipinski definition) is 4. The number of likely N-dealkylation sites (tertiary alicyclic amines) is 1. The molecule has 152 valence electrons. The molecule has 1 saturated heterocycles. The molecule has 2 aromatic carbocycles. The van der Waals surface area contributed by atoms with Crippen molar-refractivity contribution in [2.24, 2.45) is 0 Å². The molecule has 6 nitrogen and oxygen atoms in total. The molecule has 0 radical (unpaired) electrons. The number of esters is 1. The van der Waals surface area contributed by atoms with Crippen molar-refractivity contribution in [2.45, 2.75) is 31.7 Å². The van der Waals surface area contributed by atoms with Gasteiger partial charge in [-0.15, -0.1) is 0 Å². The number of ether oxygens (including phenoxy) is 1. The molecule has 6 heteroatoms. The first-order valence-electron chi connectivity index (χ1n) is 9.98. The van der Waals surface area contributed by atoms with Crippen molar-refractivity contribution in [1.29, 1.82) is 0 Å². The van der Waals surface area contributed by atoms with Crippen LogP contribution in [0.5, 0.6) is 0 Å². The number of nitrogens with one attached hydrogen (secondary N) is 1. The Kier molecular flexibility index (Phi) is 7.39. The van der Waals surface area contributed by atoms with Crippen LogP contribution >= 0.6 is 0 Å². The van der Waals surface area contributed by atoms with E-state index >= 15 is 0 Å². The number of nitrogens with zero attached hydrogens (tertiary/aromatic N) is 1. The Bertz CT molecular complexity index is 817. The van der Waals surface area contributed by atoms with Crippen molar-refractivity contribution in [3.8, 4) is 0 Å². The molecule has 1 atom stereocenters. The molecule has 1 N–H and O–H groups in total. The molecule has 3 rings (SSSR count). The van der Waals surface area contributed by atoms with Gasteiger partial charge in [0.05, 0.1) is 0 Å². The minimum atomic E-state index is -0.876. The van der Waals surface area contributed by atoms with Crippen LogP contribution in [0.4, 0.5) is 0 Å². The lowest BCUT2D eigenvalue weighted by Crippen LogP contribution is -2.45. The van der Waals surface area contributed by atoms with Gasteiger partial charge in [-0.25, -0.2) is 4.79 Å². The van der Waals surface area contributed by atoms with Gasteiger partial charge in [-0.05, 0) is 37.0 Å². The first-order chi connectivity index (χ1) is 14.1. The topological polar surface area (TPSA) is 75.7 Å². The molecule has 0 bridgehead atoms. The maximum atomic E-state index is 12.7. The van der Waals surface area contributed by atoms with Crippen LogP contribution in [0.3, 0.4) is 0 Å². The summed E-state index contributed by atoms with van der Waals surface area (Å²) in [6, 6.07) is 17.2. The van der Waals surface area contributed by atoms with E-state index in [-0.39, 0.29) is 24.8 Å². The molecule has 0 unspecified atom stereocenters. The lowest BCUT2D eigenvalue weighted by molar-refractivity contribution is -0.153. The number of rotatable bonds is 7. The standard InChI is InChI=1S/C23H26N2O4/c26-21(25-14-8-3-9-15-25)17-29-23(28)20(16-18-10-4-1-5-11-18)24-22(27)19-12-6-2-7-13-19/h1-2,4-7,10-13,20H,3,8-9,14-17H2,(H,24,27)/t20-/m1/s1. The summed E-state index contributed by atoms with van der Waals surface area (Å²) in [6.07, 6.45) is 3.36. The summed E-state index contributed by atoms with van der Waals surface area (Å²) in [5.74, 6) is -1.15. The van der Waals surface area contributed by atoms with Crippen LogP contribution in [-0.4, -0.2) is 48.4 Å². The maximum absolute atomic E-state index is 12.7. The fourth-order valence-electron chi connectivity index (χ4n) is 3.34. The van der Waals surface area contributed by atoms with Crippen LogP contribution in [0, 0.1) is 0 Å². The lowest BCUT2D eigenvalue weighted by atomic mass is 10.1. The average molecular weight is 394 g/mol. The van der Waals surface area contributed by atoms with E-state index in [1.807, 2.05) is 36.4 Å². The normalized spacial score (nSPS) is 14.7. The largest absolute Gasteiger partial charge is 0.454 e. The van der Waals surface area contributed by atoms with Crippen molar-refractivity contribution in [2.75, 3.05) is 19.7 Å². The second-order valence-electron chi connectivity index (χ2n) is 7.13. The van der Waals surface area contributed by atoms with Crippen molar-refractivity contribution in [1.82, 2.24) is 10.2 Å². The highest BCUT2D eigenvalue weighted by Crippen LogP contribution is 2.10. The minimum Gasteiger partial charge on any atom is -0.454 e. The van der Waals surface area contributed by atoms with Crippen LogP contribution in [0.25, 0.3) is 0 Å². The highest BCUT2D eigenvalue weighted by molar-refractivity contribution is 5.97. The summed E-state index contributed by atoms with van der Waals surface area (Å²) in [5.41, 5.74) is 1.35. The number of hydrogen-bond donors (Lipinski definition) is 1. The Labute approximate surface area is 170 Å². The maximum Gasteiger partial charge on any atom is 0.329 e. The van der Waals surface area contributed by atoms with Crippen LogP contribution < -0.4 is 5.32 Å². The van der Waals surface area contributed by atoms with Crippen LogP contribution in [-0.2, 0) is 20.7 Å². The third-order valence-corrected chi connectivity index (χ3v) is 4.96. The Morgan fingerprint density at radius 3 is 2.17 bits per heavy atom. The van der Waals surface area contributed by atoms with Crippen molar-refractivity contribution >= 4 is 17.8 Å². The summed E-state index contributed by atoms with van der Waals surface area (Å²) < 4.78 is 5.28. The molecule has 0 aromatic heterocycles. The van der Waals surface area contributed by atoms with E-state index in [1.165, 1.54) is 0 Å². The molecule has 1 aliphatic rings. The van der Waals surface area contributed by atoms with Gasteiger partial charge < -0.3 is 15.0 Å². The Balaban J connectivity index is 1.63. The van der Waals surface area contributed by atoms with Crippen molar-refractivity contribution < 1.29 is 19.1 Å². The molecule has 2 aromatic rings. The van der Waals surface area contributed by atoms with Gasteiger partial charge in [-0.1, -0.05) is 48.5 Å². The molecule has 1 heterocycles. The van der Waals surface area contributed by atoms with Gasteiger partial charge in [-0.3, -0.25) is 9.59 Å². The first-order valence-corrected chi connectivity index (χ1v) is 9.98. The van der Waals surface area contributed by atoms with E-state index in [0.29, 0.717) is 18.7 Å². The fourth-order valence-corrected chi connectivity index (χ4v) is 3.34. The predicted molar refractivity (Wildman–Crippen MR) is 109 cm³/mol. The van der Waals surface area contributed by atoms with Gasteiger partial charge >= 0.3 is 5.97 Å². The van der Waals surface area contributed by atoms with Crippen molar-refractivity contribution in [3.05, 3.63) is 71.8 Å². The Morgan fingerprint density at radius 2 is 1.52 bits per heavy atom. The molecule has 0 saturated carbocycles. The number of piperidine rings is 1. The lowest BCUT2D eigenvalue weighted by Gasteiger charge is -2.26. The monoisotopic (exact) mass is 394 g/mol. The van der Waals surface area contributed by atoms with Crippen molar-refractivity contribution in [3.63, 3.8) is 0 Å². The second-order valence-corrected chi connectivity index (χ2v) is 7.13. The highest BCUT2D eigenvalue weighted by atomic mass is 16.5. The summed E-state index contributed by atoms with van der Waals surface area (Å²) in [6.45, 7) is 1.11. The highest BCUT2D eigenvalue weighted by Gasteiger charge is 2.25. The zero-order valence-electron chi connectivity index (χ0n) is 16.4. The third kappa shape index (κ3) is 6.17. The quantitative estimate of drug-likeness (QED) is 0.733. The molecule has 1 fully saturated rings. The smallest absolute Gasteiger partial charge is 0.329 e. The molecule has 29 heavy (non-hydrogen) atoms. The van der Waals surface area contributed by atoms with E-state index in [2.05, 4.69) is 5.32 Å². The minimum absolute atomic E-state index is 0.189. The average Bonchev–Trinajstić information content (AvgIpc) is 2.78. The van der Waals surface area contributed by atoms with Gasteiger partial charge in [0.15, 0.2) is 6.61 Å². The van der Waals surface area contributed by atoms with Crippen LogP contribution in [0.15, 0.2) is 60.7 Å². The summed E-state index contributed by atoms with van der Waals surface area (Å²) in [4.78, 5) is 39.3. The molecule has 0 aliphatic carbocycles. The SMILES string of the molecule is O=C(N[C@H](Cc1ccccc1)C(=O)OCC(=O)N1CCCCC1)c1ccccc1. The first kappa shape index (κ1) is 20.6. The van der Waals surface area contributed by atoms with E-state index < -0.39 is 12.0 Å². The molecular weight excluding hydrogens is 368 g/mol. The van der Waals surface area contributed by atoms with Crippen LogP contribution in [0.2, 0.25) is 0 Å². The predicted octanol–water partition coefficient (Wildman–Crippen LogP) is 2.58.